The van der Waals surface area contributed by atoms with Crippen LogP contribution in [0.3, 0.4) is 0 Å². The Morgan fingerprint density at radius 1 is 1.28 bits per heavy atom. The lowest BCUT2D eigenvalue weighted by Gasteiger charge is -2.39. The molecule has 2 saturated heterocycles. The van der Waals surface area contributed by atoms with Gasteiger partial charge in [0.2, 0.25) is 0 Å². The molecule has 3 aromatic rings. The van der Waals surface area contributed by atoms with Gasteiger partial charge in [-0.05, 0) is 32.6 Å². The first-order valence-electron chi connectivity index (χ1n) is 10.1. The van der Waals surface area contributed by atoms with Gasteiger partial charge in [-0.3, -0.25) is 10.00 Å². The third-order valence-corrected chi connectivity index (χ3v) is 5.93. The summed E-state index contributed by atoms with van der Waals surface area (Å²) in [6, 6.07) is 5.67. The van der Waals surface area contributed by atoms with Crippen molar-refractivity contribution in [2.24, 2.45) is 0 Å². The lowest BCUT2D eigenvalue weighted by molar-refractivity contribution is 0.135. The summed E-state index contributed by atoms with van der Waals surface area (Å²) in [6.07, 6.45) is 8.59. The van der Waals surface area contributed by atoms with Gasteiger partial charge in [-0.25, -0.2) is 14.5 Å². The van der Waals surface area contributed by atoms with E-state index in [0.29, 0.717) is 41.8 Å². The number of hydrogen-bond acceptors (Lipinski definition) is 8. The number of nitrogens with zero attached hydrogens (tertiary/aromatic N) is 7. The molecule has 2 unspecified atom stereocenters. The van der Waals surface area contributed by atoms with Crippen molar-refractivity contribution in [2.75, 3.05) is 17.2 Å². The number of nitriles is 1. The van der Waals surface area contributed by atoms with E-state index in [1.54, 1.807) is 4.52 Å². The van der Waals surface area contributed by atoms with E-state index >= 15 is 0 Å². The summed E-state index contributed by atoms with van der Waals surface area (Å²) in [5.74, 6) is 2.09. The quantitative estimate of drug-likeness (QED) is 0.583. The maximum absolute atomic E-state index is 8.92. The minimum atomic E-state index is 0.361. The molecule has 0 aromatic carbocycles. The fraction of sp³-hybridized carbons (Fsp3) is 0.526. The molecule has 0 radical (unpaired) electrons. The third-order valence-electron chi connectivity index (χ3n) is 5.93. The topological polar surface area (TPSA) is 123 Å². The van der Waals surface area contributed by atoms with Gasteiger partial charge in [0.1, 0.15) is 12.1 Å². The van der Waals surface area contributed by atoms with Crippen LogP contribution in [0.4, 0.5) is 17.5 Å². The minimum Gasteiger partial charge on any atom is -0.366 e. The Bertz CT molecular complexity index is 1030. The van der Waals surface area contributed by atoms with Crippen molar-refractivity contribution < 1.29 is 0 Å². The molecular weight excluding hydrogens is 368 g/mol. The number of hydrogen-bond donors (Lipinski definition) is 3. The fourth-order valence-electron chi connectivity index (χ4n) is 4.73. The standard InChI is InChI=1S/C19H24N10/c1-12-7-16(27-26-12)24-18-19-21-11-22-29(19)10-17(25-18)23-13-8-14-3-4-15(9-13)28(14)6-2-5-20/h7,10-11,13-15,23H,2-4,6,8-9H2,1H3,(H2,24,25,26,27). The summed E-state index contributed by atoms with van der Waals surface area (Å²) in [5, 5.41) is 27.2. The van der Waals surface area contributed by atoms with Gasteiger partial charge in [0.25, 0.3) is 0 Å². The van der Waals surface area contributed by atoms with E-state index in [2.05, 4.69) is 41.9 Å². The van der Waals surface area contributed by atoms with Crippen LogP contribution in [0.1, 0.15) is 37.8 Å². The Balaban J connectivity index is 1.34. The molecule has 0 amide bonds. The van der Waals surface area contributed by atoms with E-state index in [1.807, 2.05) is 19.2 Å². The molecule has 29 heavy (non-hydrogen) atoms. The van der Waals surface area contributed by atoms with E-state index in [9.17, 15) is 0 Å². The molecule has 5 heterocycles. The van der Waals surface area contributed by atoms with Gasteiger partial charge in [-0.2, -0.15) is 15.5 Å². The zero-order valence-electron chi connectivity index (χ0n) is 16.3. The highest BCUT2D eigenvalue weighted by molar-refractivity contribution is 5.69. The Kier molecular flexibility index (Phi) is 4.52. The number of nitrogens with one attached hydrogen (secondary N) is 3. The van der Waals surface area contributed by atoms with Gasteiger partial charge in [-0.1, -0.05) is 0 Å². The average Bonchev–Trinajstić information content (AvgIpc) is 3.39. The summed E-state index contributed by atoms with van der Waals surface area (Å²) < 4.78 is 1.73. The van der Waals surface area contributed by atoms with Gasteiger partial charge in [0.05, 0.1) is 12.3 Å². The summed E-state index contributed by atoms with van der Waals surface area (Å²) in [7, 11) is 0. The number of H-pyrrole nitrogens is 1. The van der Waals surface area contributed by atoms with Crippen LogP contribution < -0.4 is 10.6 Å². The number of fused-ring (bicyclic) bond motifs is 3. The number of piperidine rings is 1. The largest absolute Gasteiger partial charge is 0.366 e. The molecule has 0 spiro atoms. The molecule has 2 atom stereocenters. The van der Waals surface area contributed by atoms with Crippen molar-refractivity contribution in [3.63, 3.8) is 0 Å². The molecule has 2 bridgehead atoms. The van der Waals surface area contributed by atoms with Gasteiger partial charge < -0.3 is 10.6 Å². The molecule has 2 fully saturated rings. The highest BCUT2D eigenvalue weighted by atomic mass is 15.3. The Labute approximate surface area is 168 Å². The monoisotopic (exact) mass is 392 g/mol. The molecular formula is C19H24N10. The number of rotatable bonds is 6. The van der Waals surface area contributed by atoms with Gasteiger partial charge in [0.15, 0.2) is 17.3 Å². The van der Waals surface area contributed by atoms with Crippen LogP contribution in [0.2, 0.25) is 0 Å². The molecule has 0 saturated carbocycles. The Morgan fingerprint density at radius 2 is 2.10 bits per heavy atom. The maximum Gasteiger partial charge on any atom is 0.198 e. The predicted molar refractivity (Wildman–Crippen MR) is 108 cm³/mol. The third kappa shape index (κ3) is 3.49. The first-order chi connectivity index (χ1) is 14.2. The average molecular weight is 392 g/mol. The molecule has 5 rings (SSSR count). The molecule has 0 aliphatic carbocycles. The number of aromatic nitrogens is 6. The van der Waals surface area contributed by atoms with Crippen LogP contribution in [-0.2, 0) is 0 Å². The van der Waals surface area contributed by atoms with Crippen LogP contribution in [0.5, 0.6) is 0 Å². The zero-order chi connectivity index (χ0) is 19.8. The Morgan fingerprint density at radius 3 is 2.83 bits per heavy atom. The van der Waals surface area contributed by atoms with E-state index in [-0.39, 0.29) is 0 Å². The van der Waals surface area contributed by atoms with Crippen molar-refractivity contribution in [2.45, 2.75) is 57.2 Å². The second-order valence-electron chi connectivity index (χ2n) is 7.91. The van der Waals surface area contributed by atoms with Crippen molar-refractivity contribution in [3.05, 3.63) is 24.3 Å². The summed E-state index contributed by atoms with van der Waals surface area (Å²) in [4.78, 5) is 11.6. The van der Waals surface area contributed by atoms with Crippen molar-refractivity contribution in [1.82, 2.24) is 34.7 Å². The molecule has 150 valence electrons. The zero-order valence-corrected chi connectivity index (χ0v) is 16.3. The minimum absolute atomic E-state index is 0.361. The SMILES string of the molecule is Cc1cc(Nc2nc(NC3CC4CCC(C3)N4CCC#N)cn3ncnc23)n[nH]1. The van der Waals surface area contributed by atoms with Crippen LogP contribution in [0, 0.1) is 18.3 Å². The van der Waals surface area contributed by atoms with Crippen LogP contribution in [0.15, 0.2) is 18.6 Å². The highest BCUT2D eigenvalue weighted by Crippen LogP contribution is 2.36. The fourth-order valence-corrected chi connectivity index (χ4v) is 4.73. The van der Waals surface area contributed by atoms with Gasteiger partial charge in [-0.15, -0.1) is 0 Å². The molecule has 3 aromatic heterocycles. The van der Waals surface area contributed by atoms with E-state index in [1.165, 1.54) is 19.2 Å². The smallest absolute Gasteiger partial charge is 0.198 e. The van der Waals surface area contributed by atoms with Gasteiger partial charge >= 0.3 is 0 Å². The number of anilines is 3. The molecule has 3 N–H and O–H groups in total. The summed E-state index contributed by atoms with van der Waals surface area (Å²) in [5.41, 5.74) is 1.63. The normalized spacial score (nSPS) is 23.9. The first-order valence-corrected chi connectivity index (χ1v) is 10.1. The van der Waals surface area contributed by atoms with Crippen molar-refractivity contribution in [1.29, 1.82) is 5.26 Å². The number of aromatic amines is 1. The van der Waals surface area contributed by atoms with Crippen LogP contribution >= 0.6 is 0 Å². The maximum atomic E-state index is 8.92. The van der Waals surface area contributed by atoms with E-state index in [0.717, 1.165) is 30.9 Å². The van der Waals surface area contributed by atoms with Gasteiger partial charge in [0, 0.05) is 42.9 Å². The lowest BCUT2D eigenvalue weighted by atomic mass is 9.97. The van der Waals surface area contributed by atoms with Crippen molar-refractivity contribution in [3.8, 4) is 6.07 Å². The molecule has 10 heteroatoms. The molecule has 2 aliphatic rings. The van der Waals surface area contributed by atoms with Crippen LogP contribution in [-0.4, -0.2) is 59.3 Å². The van der Waals surface area contributed by atoms with E-state index < -0.39 is 0 Å². The second-order valence-corrected chi connectivity index (χ2v) is 7.91. The summed E-state index contributed by atoms with van der Waals surface area (Å²) >= 11 is 0. The molecule has 2 aliphatic heterocycles. The molecule has 10 nitrogen and oxygen atoms in total. The first kappa shape index (κ1) is 17.9. The lowest BCUT2D eigenvalue weighted by Crippen LogP contribution is -2.47. The Hall–Kier alpha value is -3.19. The predicted octanol–water partition coefficient (Wildman–Crippen LogP) is 2.22. The van der Waals surface area contributed by atoms with E-state index in [4.69, 9.17) is 10.2 Å². The second kappa shape index (κ2) is 7.33. The number of aryl methyl sites for hydroxylation is 1. The van der Waals surface area contributed by atoms with Crippen LogP contribution in [0.25, 0.3) is 5.65 Å². The highest BCUT2D eigenvalue weighted by Gasteiger charge is 2.40. The van der Waals surface area contributed by atoms with Crippen molar-refractivity contribution >= 4 is 23.1 Å². The summed E-state index contributed by atoms with van der Waals surface area (Å²) in [6.45, 7) is 2.84.